The molecule has 1 saturated heterocycles. The predicted molar refractivity (Wildman–Crippen MR) is 116 cm³/mol. The van der Waals surface area contributed by atoms with Crippen LogP contribution in [-0.2, 0) is 26.2 Å². The van der Waals surface area contributed by atoms with Crippen LogP contribution >= 0.6 is 11.6 Å². The van der Waals surface area contributed by atoms with Gasteiger partial charge in [0.15, 0.2) is 6.61 Å². The topological polar surface area (TPSA) is 105 Å². The molecule has 4 rings (SSSR count). The fourth-order valence-electron chi connectivity index (χ4n) is 3.80. The van der Waals surface area contributed by atoms with Crippen LogP contribution in [0.15, 0.2) is 41.3 Å². The normalized spacial score (nSPS) is 18.8. The number of halogens is 1. The van der Waals surface area contributed by atoms with E-state index in [9.17, 15) is 18.0 Å². The van der Waals surface area contributed by atoms with Crippen molar-refractivity contribution in [3.05, 3.63) is 52.5 Å². The van der Waals surface area contributed by atoms with Crippen LogP contribution in [0.1, 0.15) is 24.0 Å². The zero-order valence-corrected chi connectivity index (χ0v) is 18.4. The molecule has 164 valence electrons. The first-order chi connectivity index (χ1) is 14.8. The van der Waals surface area contributed by atoms with E-state index < -0.39 is 16.1 Å². The molecule has 2 aromatic rings. The van der Waals surface area contributed by atoms with Crippen LogP contribution in [0.25, 0.3) is 0 Å². The van der Waals surface area contributed by atoms with Crippen molar-refractivity contribution in [1.29, 1.82) is 0 Å². The summed E-state index contributed by atoms with van der Waals surface area (Å²) in [5.74, 6) is -0.464. The summed E-state index contributed by atoms with van der Waals surface area (Å²) in [6, 6.07) is 9.52. The van der Waals surface area contributed by atoms with Gasteiger partial charge < -0.3 is 15.4 Å². The van der Waals surface area contributed by atoms with Gasteiger partial charge in [0.2, 0.25) is 15.9 Å². The van der Waals surface area contributed by atoms with Gasteiger partial charge >= 0.3 is 0 Å². The summed E-state index contributed by atoms with van der Waals surface area (Å²) in [5, 5.41) is 5.40. The van der Waals surface area contributed by atoms with Crippen LogP contribution in [-0.4, -0.2) is 43.7 Å². The van der Waals surface area contributed by atoms with Crippen molar-refractivity contribution in [3.63, 3.8) is 0 Å². The highest BCUT2D eigenvalue weighted by Gasteiger charge is 2.40. The van der Waals surface area contributed by atoms with Crippen molar-refractivity contribution < 1.29 is 22.7 Å². The minimum absolute atomic E-state index is 0.0458. The molecule has 0 unspecified atom stereocenters. The van der Waals surface area contributed by atoms with Gasteiger partial charge in [0.25, 0.3) is 5.91 Å². The predicted octanol–water partition coefficient (Wildman–Crippen LogP) is 2.45. The monoisotopic (exact) mass is 463 g/mol. The standard InChI is InChI=1S/C21H22ClN3O5S/c1-13-5-2-3-6-14(13)11-23-21(27)17-7-4-8-25(17)31(28,29)19-10-18-16(9-15(19)22)24-20(26)12-30-18/h2-3,5-6,9-10,17H,4,7-8,11-12H2,1H3,(H,23,27)(H,24,26)/t17-/m0/s1. The number of benzene rings is 2. The van der Waals surface area contributed by atoms with E-state index in [0.717, 1.165) is 11.1 Å². The molecular formula is C21H22ClN3O5S. The van der Waals surface area contributed by atoms with E-state index in [0.29, 0.717) is 25.1 Å². The number of carbonyl (C=O) groups is 2. The molecule has 2 aliphatic rings. The van der Waals surface area contributed by atoms with Gasteiger partial charge in [0.1, 0.15) is 16.7 Å². The number of nitrogens with one attached hydrogen (secondary N) is 2. The molecule has 2 aromatic carbocycles. The average Bonchev–Trinajstić information content (AvgIpc) is 3.23. The molecule has 10 heteroatoms. The number of aryl methyl sites for hydroxylation is 1. The van der Waals surface area contributed by atoms with Crippen molar-refractivity contribution >= 4 is 39.1 Å². The summed E-state index contributed by atoms with van der Waals surface area (Å²) in [5.41, 5.74) is 2.33. The zero-order valence-electron chi connectivity index (χ0n) is 16.9. The Hall–Kier alpha value is -2.62. The lowest BCUT2D eigenvalue weighted by atomic mass is 10.1. The molecular weight excluding hydrogens is 442 g/mol. The van der Waals surface area contributed by atoms with E-state index in [4.69, 9.17) is 16.3 Å². The number of anilines is 1. The van der Waals surface area contributed by atoms with Gasteiger partial charge in [-0.05, 0) is 37.0 Å². The van der Waals surface area contributed by atoms with Crippen LogP contribution < -0.4 is 15.4 Å². The Balaban J connectivity index is 1.56. The Labute approximate surface area is 185 Å². The molecule has 0 aliphatic carbocycles. The minimum Gasteiger partial charge on any atom is -0.482 e. The Bertz CT molecular complexity index is 1150. The van der Waals surface area contributed by atoms with Crippen LogP contribution in [0, 0.1) is 6.92 Å². The number of rotatable bonds is 5. The summed E-state index contributed by atoms with van der Waals surface area (Å²) in [4.78, 5) is 24.2. The fraction of sp³-hybridized carbons (Fsp3) is 0.333. The first kappa shape index (κ1) is 21.6. The van der Waals surface area contributed by atoms with Crippen molar-refractivity contribution in [2.45, 2.75) is 37.2 Å². The average molecular weight is 464 g/mol. The molecule has 0 bridgehead atoms. The smallest absolute Gasteiger partial charge is 0.262 e. The summed E-state index contributed by atoms with van der Waals surface area (Å²) in [6.07, 6.45) is 0.991. The second-order valence-corrected chi connectivity index (χ2v) is 9.80. The molecule has 0 saturated carbocycles. The SMILES string of the molecule is Cc1ccccc1CNC(=O)[C@@H]1CCCN1S(=O)(=O)c1cc2c(cc1Cl)NC(=O)CO2. The van der Waals surface area contributed by atoms with Crippen LogP contribution in [0.5, 0.6) is 5.75 Å². The second kappa shape index (κ2) is 8.49. The van der Waals surface area contributed by atoms with Gasteiger partial charge in [0.05, 0.1) is 10.7 Å². The van der Waals surface area contributed by atoms with Crippen LogP contribution in [0.2, 0.25) is 5.02 Å². The van der Waals surface area contributed by atoms with E-state index in [-0.39, 0.29) is 40.6 Å². The van der Waals surface area contributed by atoms with Gasteiger partial charge in [-0.2, -0.15) is 4.31 Å². The van der Waals surface area contributed by atoms with Crippen LogP contribution in [0.4, 0.5) is 5.69 Å². The van der Waals surface area contributed by atoms with Gasteiger partial charge in [-0.3, -0.25) is 9.59 Å². The van der Waals surface area contributed by atoms with E-state index in [1.165, 1.54) is 16.4 Å². The number of hydrogen-bond donors (Lipinski definition) is 2. The van der Waals surface area contributed by atoms with Crippen molar-refractivity contribution in [2.24, 2.45) is 0 Å². The first-order valence-corrected chi connectivity index (χ1v) is 11.7. The lowest BCUT2D eigenvalue weighted by molar-refractivity contribution is -0.124. The van der Waals surface area contributed by atoms with Crippen molar-refractivity contribution in [2.75, 3.05) is 18.5 Å². The van der Waals surface area contributed by atoms with E-state index in [1.54, 1.807) is 0 Å². The summed E-state index contributed by atoms with van der Waals surface area (Å²) in [6.45, 7) is 2.29. The molecule has 8 nitrogen and oxygen atoms in total. The molecule has 2 heterocycles. The summed E-state index contributed by atoms with van der Waals surface area (Å²) in [7, 11) is -4.05. The quantitative estimate of drug-likeness (QED) is 0.708. The highest BCUT2D eigenvalue weighted by Crippen LogP contribution is 2.38. The highest BCUT2D eigenvalue weighted by molar-refractivity contribution is 7.89. The van der Waals surface area contributed by atoms with Gasteiger partial charge in [0, 0.05) is 19.2 Å². The van der Waals surface area contributed by atoms with Crippen LogP contribution in [0.3, 0.4) is 0 Å². The number of fused-ring (bicyclic) bond motifs is 1. The van der Waals surface area contributed by atoms with Gasteiger partial charge in [-0.1, -0.05) is 35.9 Å². The minimum atomic E-state index is -4.05. The van der Waals surface area contributed by atoms with Crippen molar-refractivity contribution in [3.8, 4) is 5.75 Å². The Morgan fingerprint density at radius 3 is 2.87 bits per heavy atom. The lowest BCUT2D eigenvalue weighted by Crippen LogP contribution is -2.45. The number of ether oxygens (including phenoxy) is 1. The molecule has 0 aromatic heterocycles. The largest absolute Gasteiger partial charge is 0.482 e. The molecule has 2 N–H and O–H groups in total. The Morgan fingerprint density at radius 1 is 1.32 bits per heavy atom. The highest BCUT2D eigenvalue weighted by atomic mass is 35.5. The maximum atomic E-state index is 13.4. The first-order valence-electron chi connectivity index (χ1n) is 9.87. The molecule has 1 atom stereocenters. The molecule has 0 radical (unpaired) electrons. The molecule has 2 amide bonds. The second-order valence-electron chi connectivity index (χ2n) is 7.53. The third-order valence-electron chi connectivity index (χ3n) is 5.47. The number of carbonyl (C=O) groups excluding carboxylic acids is 2. The molecule has 2 aliphatic heterocycles. The maximum absolute atomic E-state index is 13.4. The number of amides is 2. The van der Waals surface area contributed by atoms with E-state index >= 15 is 0 Å². The summed E-state index contributed by atoms with van der Waals surface area (Å²) < 4.78 is 33.3. The third-order valence-corrected chi connectivity index (χ3v) is 7.85. The lowest BCUT2D eigenvalue weighted by Gasteiger charge is -2.25. The van der Waals surface area contributed by atoms with Gasteiger partial charge in [-0.15, -0.1) is 0 Å². The molecule has 1 fully saturated rings. The third kappa shape index (κ3) is 4.26. The Morgan fingerprint density at radius 2 is 2.10 bits per heavy atom. The number of nitrogens with zero attached hydrogens (tertiary/aromatic N) is 1. The number of hydrogen-bond acceptors (Lipinski definition) is 5. The van der Waals surface area contributed by atoms with Crippen molar-refractivity contribution in [1.82, 2.24) is 9.62 Å². The fourth-order valence-corrected chi connectivity index (χ4v) is 5.98. The summed E-state index contributed by atoms with van der Waals surface area (Å²) >= 11 is 6.24. The maximum Gasteiger partial charge on any atom is 0.262 e. The van der Waals surface area contributed by atoms with E-state index in [1.807, 2.05) is 31.2 Å². The van der Waals surface area contributed by atoms with E-state index in [2.05, 4.69) is 10.6 Å². The molecule has 0 spiro atoms. The number of sulfonamides is 1. The zero-order chi connectivity index (χ0) is 22.2. The Kier molecular flexibility index (Phi) is 5.92. The molecule has 31 heavy (non-hydrogen) atoms. The van der Waals surface area contributed by atoms with Gasteiger partial charge in [-0.25, -0.2) is 8.42 Å².